The SMILES string of the molecule is Cc1cc(Nc2nc(Nc3ccc(C#N)cn3)cc3cc[nH]c(=O)c23)ccc1N1CCOC(C)C1. The van der Waals surface area contributed by atoms with E-state index in [4.69, 9.17) is 10.00 Å². The van der Waals surface area contributed by atoms with Crippen LogP contribution >= 0.6 is 0 Å². The summed E-state index contributed by atoms with van der Waals surface area (Å²) in [4.78, 5) is 26.7. The molecule has 1 aliphatic heterocycles. The summed E-state index contributed by atoms with van der Waals surface area (Å²) < 4.78 is 5.67. The molecule has 1 atom stereocenters. The molecule has 5 rings (SSSR count). The lowest BCUT2D eigenvalue weighted by molar-refractivity contribution is 0.0532. The number of nitriles is 1. The Morgan fingerprint density at radius 3 is 2.80 bits per heavy atom. The standard InChI is InChI=1S/C26H25N7O2/c1-16-11-20(4-5-21(16)33-9-10-35-17(2)15-33)30-25-24-19(7-8-28-26(24)34)12-23(32-25)31-22-6-3-18(13-27)14-29-22/h3-8,11-12,14,17H,9-10,15H2,1-2H3,(H,28,34)(H2,29,30,31,32). The summed E-state index contributed by atoms with van der Waals surface area (Å²) in [6.45, 7) is 6.59. The Bertz CT molecular complexity index is 1470. The number of anilines is 5. The highest BCUT2D eigenvalue weighted by molar-refractivity contribution is 5.94. The topological polar surface area (TPSA) is 119 Å². The molecule has 9 nitrogen and oxygen atoms in total. The van der Waals surface area contributed by atoms with Crippen molar-refractivity contribution >= 4 is 39.6 Å². The van der Waals surface area contributed by atoms with Crippen LogP contribution in [0.25, 0.3) is 10.8 Å². The first-order chi connectivity index (χ1) is 17.0. The predicted molar refractivity (Wildman–Crippen MR) is 137 cm³/mol. The summed E-state index contributed by atoms with van der Waals surface area (Å²) >= 11 is 0. The molecule has 1 unspecified atom stereocenters. The summed E-state index contributed by atoms with van der Waals surface area (Å²) in [7, 11) is 0. The number of ether oxygens (including phenoxy) is 1. The molecular formula is C26H25N7O2. The zero-order valence-electron chi connectivity index (χ0n) is 19.5. The molecule has 0 saturated carbocycles. The van der Waals surface area contributed by atoms with Crippen molar-refractivity contribution in [2.75, 3.05) is 35.2 Å². The first-order valence-electron chi connectivity index (χ1n) is 11.4. The number of aromatic nitrogens is 3. The van der Waals surface area contributed by atoms with Crippen LogP contribution in [-0.2, 0) is 4.74 Å². The highest BCUT2D eigenvalue weighted by Gasteiger charge is 2.19. The first-order valence-corrected chi connectivity index (χ1v) is 11.4. The molecule has 0 spiro atoms. The van der Waals surface area contributed by atoms with Gasteiger partial charge in [0.25, 0.3) is 5.56 Å². The maximum atomic E-state index is 12.7. The normalized spacial score (nSPS) is 15.6. The minimum Gasteiger partial charge on any atom is -0.375 e. The first kappa shape index (κ1) is 22.4. The summed E-state index contributed by atoms with van der Waals surface area (Å²) in [5.74, 6) is 1.51. The van der Waals surface area contributed by atoms with Gasteiger partial charge in [0.1, 0.15) is 23.5 Å². The van der Waals surface area contributed by atoms with Crippen LogP contribution < -0.4 is 21.1 Å². The van der Waals surface area contributed by atoms with Gasteiger partial charge in [-0.1, -0.05) is 0 Å². The zero-order chi connectivity index (χ0) is 24.4. The molecule has 35 heavy (non-hydrogen) atoms. The van der Waals surface area contributed by atoms with E-state index in [9.17, 15) is 4.79 Å². The molecule has 3 N–H and O–H groups in total. The molecule has 0 bridgehead atoms. The molecule has 1 saturated heterocycles. The Labute approximate surface area is 202 Å². The number of hydrogen-bond donors (Lipinski definition) is 3. The quantitative estimate of drug-likeness (QED) is 0.399. The molecule has 4 aromatic rings. The maximum Gasteiger partial charge on any atom is 0.259 e. The van der Waals surface area contributed by atoms with Crippen LogP contribution in [0, 0.1) is 18.3 Å². The Morgan fingerprint density at radius 2 is 2.06 bits per heavy atom. The number of morpholine rings is 1. The predicted octanol–water partition coefficient (Wildman–Crippen LogP) is 4.21. The third-order valence-corrected chi connectivity index (χ3v) is 5.94. The maximum absolute atomic E-state index is 12.7. The largest absolute Gasteiger partial charge is 0.375 e. The van der Waals surface area contributed by atoms with Crippen LogP contribution in [-0.4, -0.2) is 40.8 Å². The summed E-state index contributed by atoms with van der Waals surface area (Å²) in [5, 5.41) is 16.7. The van der Waals surface area contributed by atoms with Gasteiger partial charge < -0.3 is 25.3 Å². The van der Waals surface area contributed by atoms with Crippen molar-refractivity contribution < 1.29 is 4.74 Å². The van der Waals surface area contributed by atoms with E-state index < -0.39 is 0 Å². The fourth-order valence-electron chi connectivity index (χ4n) is 4.30. The Hall–Kier alpha value is -4.42. The fourth-order valence-corrected chi connectivity index (χ4v) is 4.30. The summed E-state index contributed by atoms with van der Waals surface area (Å²) in [6, 6.07) is 15.2. The van der Waals surface area contributed by atoms with Crippen LogP contribution in [0.4, 0.5) is 28.8 Å². The van der Waals surface area contributed by atoms with Gasteiger partial charge in [0.05, 0.1) is 23.7 Å². The molecule has 0 aliphatic carbocycles. The second kappa shape index (κ2) is 9.44. The van der Waals surface area contributed by atoms with E-state index in [1.54, 1.807) is 24.4 Å². The molecule has 3 aromatic heterocycles. The van der Waals surface area contributed by atoms with Gasteiger partial charge in [-0.2, -0.15) is 5.26 Å². The van der Waals surface area contributed by atoms with Gasteiger partial charge in [-0.3, -0.25) is 4.79 Å². The highest BCUT2D eigenvalue weighted by atomic mass is 16.5. The third kappa shape index (κ3) is 4.78. The van der Waals surface area contributed by atoms with Crippen molar-refractivity contribution in [2.24, 2.45) is 0 Å². The second-order valence-electron chi connectivity index (χ2n) is 8.55. The molecule has 1 aliphatic rings. The Balaban J connectivity index is 1.47. The van der Waals surface area contributed by atoms with Crippen molar-refractivity contribution in [3.63, 3.8) is 0 Å². The molecule has 4 heterocycles. The van der Waals surface area contributed by atoms with Crippen LogP contribution in [0.1, 0.15) is 18.1 Å². The number of nitrogens with zero attached hydrogens (tertiary/aromatic N) is 4. The van der Waals surface area contributed by atoms with E-state index in [-0.39, 0.29) is 11.7 Å². The van der Waals surface area contributed by atoms with E-state index >= 15 is 0 Å². The minimum absolute atomic E-state index is 0.198. The minimum atomic E-state index is -0.226. The van der Waals surface area contributed by atoms with E-state index in [0.29, 0.717) is 35.0 Å². The van der Waals surface area contributed by atoms with E-state index in [0.717, 1.165) is 29.7 Å². The van der Waals surface area contributed by atoms with Crippen LogP contribution in [0.5, 0.6) is 0 Å². The van der Waals surface area contributed by atoms with Gasteiger partial charge in [-0.05, 0) is 67.3 Å². The number of pyridine rings is 3. The number of benzene rings is 1. The number of H-pyrrole nitrogens is 1. The average Bonchev–Trinajstić information content (AvgIpc) is 2.84. The lowest BCUT2D eigenvalue weighted by Gasteiger charge is -2.34. The van der Waals surface area contributed by atoms with Crippen molar-refractivity contribution in [1.29, 1.82) is 5.26 Å². The van der Waals surface area contributed by atoms with E-state index in [1.165, 1.54) is 11.9 Å². The zero-order valence-corrected chi connectivity index (χ0v) is 19.5. The Kier molecular flexibility index (Phi) is 6.04. The van der Waals surface area contributed by atoms with Gasteiger partial charge in [-0.25, -0.2) is 9.97 Å². The van der Waals surface area contributed by atoms with E-state index in [1.807, 2.05) is 12.1 Å². The number of aromatic amines is 1. The number of aryl methyl sites for hydroxylation is 1. The van der Waals surface area contributed by atoms with Gasteiger partial charge >= 0.3 is 0 Å². The summed E-state index contributed by atoms with van der Waals surface area (Å²) in [6.07, 6.45) is 3.30. The van der Waals surface area contributed by atoms with Gasteiger partial charge in [0.15, 0.2) is 0 Å². The molecule has 0 radical (unpaired) electrons. The number of rotatable bonds is 5. The molecule has 0 amide bonds. The third-order valence-electron chi connectivity index (χ3n) is 5.94. The lowest BCUT2D eigenvalue weighted by atomic mass is 10.1. The van der Waals surface area contributed by atoms with Crippen molar-refractivity contribution in [1.82, 2.24) is 15.0 Å². The number of fused-ring (bicyclic) bond motifs is 1. The van der Waals surface area contributed by atoms with Gasteiger partial charge in [0.2, 0.25) is 0 Å². The molecule has 9 heteroatoms. The number of hydrogen-bond acceptors (Lipinski definition) is 8. The van der Waals surface area contributed by atoms with Gasteiger partial charge in [0, 0.05) is 36.9 Å². The molecule has 1 aromatic carbocycles. The second-order valence-corrected chi connectivity index (χ2v) is 8.55. The van der Waals surface area contributed by atoms with Crippen LogP contribution in [0.15, 0.2) is 59.7 Å². The van der Waals surface area contributed by atoms with Crippen molar-refractivity contribution in [2.45, 2.75) is 20.0 Å². The Morgan fingerprint density at radius 1 is 1.17 bits per heavy atom. The number of nitrogens with one attached hydrogen (secondary N) is 3. The smallest absolute Gasteiger partial charge is 0.259 e. The molecular weight excluding hydrogens is 442 g/mol. The van der Waals surface area contributed by atoms with Crippen molar-refractivity contribution in [3.8, 4) is 6.07 Å². The summed E-state index contributed by atoms with van der Waals surface area (Å²) in [5.41, 5.74) is 3.37. The van der Waals surface area contributed by atoms with Crippen molar-refractivity contribution in [3.05, 3.63) is 76.3 Å². The average molecular weight is 468 g/mol. The van der Waals surface area contributed by atoms with E-state index in [2.05, 4.69) is 62.5 Å². The molecule has 176 valence electrons. The monoisotopic (exact) mass is 467 g/mol. The molecule has 1 fully saturated rings. The van der Waals surface area contributed by atoms with Crippen LogP contribution in [0.2, 0.25) is 0 Å². The van der Waals surface area contributed by atoms with Gasteiger partial charge in [-0.15, -0.1) is 0 Å². The fraction of sp³-hybridized carbons (Fsp3) is 0.231. The highest BCUT2D eigenvalue weighted by Crippen LogP contribution is 2.30. The lowest BCUT2D eigenvalue weighted by Crippen LogP contribution is -2.41. The van der Waals surface area contributed by atoms with Crippen LogP contribution in [0.3, 0.4) is 0 Å².